The lowest BCUT2D eigenvalue weighted by Crippen LogP contribution is -2.77. The Bertz CT molecular complexity index is 471. The number of nitrogens with two attached hydrogens (primary N) is 1. The lowest BCUT2D eigenvalue weighted by molar-refractivity contribution is -0.645. The van der Waals surface area contributed by atoms with Gasteiger partial charge in [0.05, 0.1) is 13.2 Å². The molecule has 1 aromatic carbocycles. The summed E-state index contributed by atoms with van der Waals surface area (Å²) in [4.78, 5) is 0. The lowest BCUT2D eigenvalue weighted by Gasteiger charge is -2.04. The highest BCUT2D eigenvalue weighted by molar-refractivity contribution is 5.58. The van der Waals surface area contributed by atoms with E-state index in [1.807, 2.05) is 43.4 Å². The fraction of sp³-hybridized carbons (Fsp3) is 0.286. The fourth-order valence-corrected chi connectivity index (χ4v) is 1.77. The van der Waals surface area contributed by atoms with E-state index in [0.717, 1.165) is 29.2 Å². The Morgan fingerprint density at radius 3 is 2.47 bits per heavy atom. The number of quaternary nitrogens is 1. The van der Waals surface area contributed by atoms with Gasteiger partial charge in [-0.1, -0.05) is 24.3 Å². The smallest absolute Gasteiger partial charge is 0.158 e. The maximum Gasteiger partial charge on any atom is 0.158 e. The number of hydrogen-bond donors (Lipinski definition) is 2. The van der Waals surface area contributed by atoms with Crippen molar-refractivity contribution in [2.45, 2.75) is 19.6 Å². The van der Waals surface area contributed by atoms with Gasteiger partial charge < -0.3 is 14.8 Å². The van der Waals surface area contributed by atoms with Crippen molar-refractivity contribution < 1.29 is 14.8 Å². The minimum atomic E-state index is -0.425. The molecule has 3 N–H and O–H groups in total. The standard InChI is InChI=1S/C14H17NO2/c1-10(16)11-3-5-12(6-4-11)14-8-7-13(17-14)9-15-2/h3-8,10,15-16H,9H2,1-2H3/p+1/t10-/m0/s1. The summed E-state index contributed by atoms with van der Waals surface area (Å²) in [6, 6.07) is 11.8. The molecule has 0 bridgehead atoms. The van der Waals surface area contributed by atoms with Crippen molar-refractivity contribution in [2.75, 3.05) is 7.05 Å². The Kier molecular flexibility index (Phi) is 3.61. The first-order valence-corrected chi connectivity index (χ1v) is 5.85. The molecule has 17 heavy (non-hydrogen) atoms. The Labute approximate surface area is 101 Å². The first kappa shape index (κ1) is 11.9. The molecule has 0 aliphatic rings. The van der Waals surface area contributed by atoms with Gasteiger partial charge in [-0.2, -0.15) is 0 Å². The second-order valence-corrected chi connectivity index (χ2v) is 4.18. The van der Waals surface area contributed by atoms with Crippen LogP contribution in [0.5, 0.6) is 0 Å². The van der Waals surface area contributed by atoms with Crippen LogP contribution in [-0.4, -0.2) is 12.2 Å². The van der Waals surface area contributed by atoms with Gasteiger partial charge >= 0.3 is 0 Å². The molecule has 0 unspecified atom stereocenters. The van der Waals surface area contributed by atoms with E-state index >= 15 is 0 Å². The minimum absolute atomic E-state index is 0.425. The number of furan rings is 1. The molecule has 0 saturated carbocycles. The maximum atomic E-state index is 9.43. The van der Waals surface area contributed by atoms with Crippen LogP contribution >= 0.6 is 0 Å². The van der Waals surface area contributed by atoms with Gasteiger partial charge in [0.25, 0.3) is 0 Å². The van der Waals surface area contributed by atoms with Gasteiger partial charge in [0.2, 0.25) is 0 Å². The minimum Gasteiger partial charge on any atom is -0.455 e. The zero-order valence-corrected chi connectivity index (χ0v) is 10.2. The zero-order chi connectivity index (χ0) is 12.3. The van der Waals surface area contributed by atoms with Crippen molar-refractivity contribution in [2.24, 2.45) is 0 Å². The van der Waals surface area contributed by atoms with E-state index in [0.29, 0.717) is 0 Å². The highest BCUT2D eigenvalue weighted by atomic mass is 16.3. The summed E-state index contributed by atoms with van der Waals surface area (Å²) >= 11 is 0. The van der Waals surface area contributed by atoms with E-state index < -0.39 is 6.10 Å². The van der Waals surface area contributed by atoms with Gasteiger partial charge in [-0.25, -0.2) is 0 Å². The molecular weight excluding hydrogens is 214 g/mol. The summed E-state index contributed by atoms with van der Waals surface area (Å²) in [6.07, 6.45) is -0.425. The number of benzene rings is 1. The van der Waals surface area contributed by atoms with Crippen molar-refractivity contribution in [1.29, 1.82) is 0 Å². The maximum absolute atomic E-state index is 9.43. The SMILES string of the molecule is C[NH2+]Cc1ccc(-c2ccc([C@H](C)O)cc2)o1. The second-order valence-electron chi connectivity index (χ2n) is 4.18. The lowest BCUT2D eigenvalue weighted by atomic mass is 10.1. The van der Waals surface area contributed by atoms with Crippen molar-refractivity contribution in [3.8, 4) is 11.3 Å². The molecule has 1 heterocycles. The van der Waals surface area contributed by atoms with Crippen LogP contribution in [0.4, 0.5) is 0 Å². The molecule has 0 fully saturated rings. The monoisotopic (exact) mass is 232 g/mol. The van der Waals surface area contributed by atoms with Crippen molar-refractivity contribution >= 4 is 0 Å². The fourth-order valence-electron chi connectivity index (χ4n) is 1.77. The van der Waals surface area contributed by atoms with Crippen molar-refractivity contribution in [1.82, 2.24) is 0 Å². The third-order valence-electron chi connectivity index (χ3n) is 2.74. The summed E-state index contributed by atoms with van der Waals surface area (Å²) in [5.74, 6) is 1.85. The molecule has 0 aliphatic carbocycles. The topological polar surface area (TPSA) is 50.0 Å². The molecule has 0 amide bonds. The van der Waals surface area contributed by atoms with Crippen molar-refractivity contribution in [3.63, 3.8) is 0 Å². The van der Waals surface area contributed by atoms with Crippen LogP contribution in [-0.2, 0) is 6.54 Å². The summed E-state index contributed by atoms with van der Waals surface area (Å²) in [5, 5.41) is 11.5. The van der Waals surface area contributed by atoms with E-state index in [1.165, 1.54) is 0 Å². The largest absolute Gasteiger partial charge is 0.455 e. The van der Waals surface area contributed by atoms with E-state index in [4.69, 9.17) is 4.42 Å². The van der Waals surface area contributed by atoms with Gasteiger partial charge in [0.1, 0.15) is 12.3 Å². The quantitative estimate of drug-likeness (QED) is 0.843. The summed E-state index contributed by atoms with van der Waals surface area (Å²) in [7, 11) is 2.01. The molecule has 3 nitrogen and oxygen atoms in total. The van der Waals surface area contributed by atoms with Crippen LogP contribution in [0, 0.1) is 0 Å². The van der Waals surface area contributed by atoms with Crippen LogP contribution in [0.25, 0.3) is 11.3 Å². The average Bonchev–Trinajstić information content (AvgIpc) is 2.78. The van der Waals surface area contributed by atoms with E-state index in [1.54, 1.807) is 6.92 Å². The second kappa shape index (κ2) is 5.17. The van der Waals surface area contributed by atoms with Crippen LogP contribution < -0.4 is 5.32 Å². The molecule has 1 atom stereocenters. The first-order chi connectivity index (χ1) is 8.20. The Hall–Kier alpha value is -1.58. The molecular formula is C14H18NO2+. The number of aliphatic hydroxyl groups is 1. The van der Waals surface area contributed by atoms with E-state index in [-0.39, 0.29) is 0 Å². The number of aliphatic hydroxyl groups excluding tert-OH is 1. The molecule has 2 aromatic rings. The normalized spacial score (nSPS) is 12.6. The van der Waals surface area contributed by atoms with Gasteiger partial charge in [-0.05, 0) is 24.6 Å². The Balaban J connectivity index is 2.21. The van der Waals surface area contributed by atoms with E-state index in [2.05, 4.69) is 5.32 Å². The zero-order valence-electron chi connectivity index (χ0n) is 10.2. The predicted octanol–water partition coefficient (Wildman–Crippen LogP) is 1.69. The van der Waals surface area contributed by atoms with Crippen LogP contribution in [0.15, 0.2) is 40.8 Å². The molecule has 0 aliphatic heterocycles. The van der Waals surface area contributed by atoms with Crippen molar-refractivity contribution in [3.05, 3.63) is 47.7 Å². The highest BCUT2D eigenvalue weighted by Crippen LogP contribution is 2.23. The molecule has 3 heteroatoms. The van der Waals surface area contributed by atoms with Gasteiger partial charge in [-0.3, -0.25) is 0 Å². The van der Waals surface area contributed by atoms with Gasteiger partial charge in [-0.15, -0.1) is 0 Å². The Morgan fingerprint density at radius 2 is 1.88 bits per heavy atom. The summed E-state index contributed by atoms with van der Waals surface area (Å²) in [5.41, 5.74) is 1.96. The molecule has 90 valence electrons. The molecule has 0 radical (unpaired) electrons. The van der Waals surface area contributed by atoms with E-state index in [9.17, 15) is 5.11 Å². The predicted molar refractivity (Wildman–Crippen MR) is 66.3 cm³/mol. The van der Waals surface area contributed by atoms with Crippen LogP contribution in [0.2, 0.25) is 0 Å². The summed E-state index contributed by atoms with van der Waals surface area (Å²) in [6.45, 7) is 2.61. The molecule has 0 spiro atoms. The third-order valence-corrected chi connectivity index (χ3v) is 2.74. The summed E-state index contributed by atoms with van der Waals surface area (Å²) < 4.78 is 5.72. The number of hydrogen-bond acceptors (Lipinski definition) is 2. The third kappa shape index (κ3) is 2.75. The molecule has 0 saturated heterocycles. The van der Waals surface area contributed by atoms with Crippen LogP contribution in [0.1, 0.15) is 24.4 Å². The molecule has 1 aromatic heterocycles. The average molecular weight is 232 g/mol. The van der Waals surface area contributed by atoms with Crippen LogP contribution in [0.3, 0.4) is 0 Å². The first-order valence-electron chi connectivity index (χ1n) is 5.85. The van der Waals surface area contributed by atoms with Gasteiger partial charge in [0.15, 0.2) is 5.76 Å². The van der Waals surface area contributed by atoms with Gasteiger partial charge in [0, 0.05) is 5.56 Å². The Morgan fingerprint density at radius 1 is 1.18 bits per heavy atom. The highest BCUT2D eigenvalue weighted by Gasteiger charge is 2.06. The molecule has 2 rings (SSSR count). The number of rotatable bonds is 4.